The highest BCUT2D eigenvalue weighted by molar-refractivity contribution is 8.13. The lowest BCUT2D eigenvalue weighted by atomic mass is 9.87. The molecule has 2 aromatic rings. The Morgan fingerprint density at radius 1 is 0.909 bits per heavy atom. The quantitative estimate of drug-likeness (QED) is 0.0273. The zero-order chi connectivity index (χ0) is 49.0. The third kappa shape index (κ3) is 20.9. The molecule has 0 bridgehead atoms. The predicted octanol–water partition coefficient (Wildman–Crippen LogP) is 4.31. The maximum absolute atomic E-state index is 12.7. The largest absolute Gasteiger partial charge is 0.481 e. The lowest BCUT2D eigenvalue weighted by molar-refractivity contribution is -0.137. The molecule has 1 saturated heterocycles. The van der Waals surface area contributed by atoms with Gasteiger partial charge in [0.2, 0.25) is 11.8 Å². The molecule has 2 aromatic heterocycles. The number of thioether (sulfide) groups is 1. The smallest absolute Gasteiger partial charge is 0.386 e. The molecule has 0 spiro atoms. The number of fused-ring (bicyclic) bond motifs is 1. The number of hydrogen-bond acceptors (Lipinski definition) is 18. The number of ether oxygens (including phenoxy) is 1. The minimum atomic E-state index is -5.57. The summed E-state index contributed by atoms with van der Waals surface area (Å²) < 4.78 is 62.4. The van der Waals surface area contributed by atoms with Crippen LogP contribution in [0.4, 0.5) is 5.82 Å². The molecule has 0 aromatic carbocycles. The molecule has 376 valence electrons. The monoisotopic (exact) mass is 1020 g/mol. The number of allylic oxidation sites excluding steroid dienone is 2. The van der Waals surface area contributed by atoms with Gasteiger partial charge in [0.1, 0.15) is 36.3 Å². The summed E-state index contributed by atoms with van der Waals surface area (Å²) in [6.45, 7) is 2.78. The molecule has 3 unspecified atom stereocenters. The van der Waals surface area contributed by atoms with E-state index in [9.17, 15) is 57.9 Å². The molecule has 2 amide bonds. The summed E-state index contributed by atoms with van der Waals surface area (Å²) in [4.78, 5) is 88.3. The van der Waals surface area contributed by atoms with Crippen molar-refractivity contribution >= 4 is 69.1 Å². The average Bonchev–Trinajstić information content (AvgIpc) is 3.80. The minimum Gasteiger partial charge on any atom is -0.386 e. The summed E-state index contributed by atoms with van der Waals surface area (Å²) in [6.07, 6.45) is 12.0. The van der Waals surface area contributed by atoms with Gasteiger partial charge in [-0.25, -0.2) is 28.6 Å². The number of aromatic nitrogens is 4. The molecule has 3 heterocycles. The Morgan fingerprint density at radius 2 is 1.55 bits per heavy atom. The molecule has 0 saturated carbocycles. The number of rotatable bonds is 33. The summed E-state index contributed by atoms with van der Waals surface area (Å²) in [5, 5.41) is 26.6. The number of carbonyl (C=O) groups excluding carboxylic acids is 3. The molecule has 66 heavy (non-hydrogen) atoms. The van der Waals surface area contributed by atoms with Gasteiger partial charge in [-0.05, 0) is 32.1 Å². The predicted molar refractivity (Wildman–Crippen MR) is 242 cm³/mol. The summed E-state index contributed by atoms with van der Waals surface area (Å²) in [5.41, 5.74) is 4.28. The highest BCUT2D eigenvalue weighted by Gasteiger charge is 2.50. The third-order valence-corrected chi connectivity index (χ3v) is 14.2. The van der Waals surface area contributed by atoms with E-state index in [2.05, 4.69) is 53.5 Å². The standard InChI is InChI=1S/C38H66N7O17P3S/c1-4-5-6-7-8-9-10-11-12-13-14-15-16-17-18-29(47)66-22-21-40-28(46)19-20-41-36(50)33(49)38(2,3)24-59-65(56,57)62-64(54,55)58-23-27-32(61-63(51,52)53)31(48)37(60-27)45-26-44-30-34(39)42-25-43-35(30)45/h9-10,25-27,31-33,37,48-49H,4-8,11-24H2,1-3H3,(H,40,46)(H,41,50)(H,54,55)(H,56,57)(H2,39,42,43)(H2,51,52,53)/b10-9-/t27-,31+,32?,33+,37-/m1/s1. The molecule has 1 aliphatic rings. The van der Waals surface area contributed by atoms with Crippen molar-refractivity contribution in [2.75, 3.05) is 37.8 Å². The highest BCUT2D eigenvalue weighted by Crippen LogP contribution is 2.61. The van der Waals surface area contributed by atoms with E-state index in [-0.39, 0.29) is 41.6 Å². The molecule has 10 N–H and O–H groups in total. The molecular weight excluding hydrogens is 951 g/mol. The van der Waals surface area contributed by atoms with Gasteiger partial charge in [-0.15, -0.1) is 0 Å². The van der Waals surface area contributed by atoms with Gasteiger partial charge in [-0.3, -0.25) is 32.5 Å². The Kier molecular flexibility index (Phi) is 24.5. The number of amides is 2. The van der Waals surface area contributed by atoms with Crippen molar-refractivity contribution in [2.24, 2.45) is 5.41 Å². The van der Waals surface area contributed by atoms with Crippen LogP contribution in [0.25, 0.3) is 11.2 Å². The third-order valence-electron chi connectivity index (χ3n) is 10.2. The molecule has 1 fully saturated rings. The van der Waals surface area contributed by atoms with Gasteiger partial charge in [-0.2, -0.15) is 4.31 Å². The first kappa shape index (κ1) is 57.6. The first-order valence-corrected chi connectivity index (χ1v) is 27.3. The number of nitrogens with one attached hydrogen (secondary N) is 2. The van der Waals surface area contributed by atoms with Crippen LogP contribution in [0.3, 0.4) is 0 Å². The minimum absolute atomic E-state index is 0.0330. The highest BCUT2D eigenvalue weighted by atomic mass is 32.2. The number of imidazole rings is 1. The summed E-state index contributed by atoms with van der Waals surface area (Å²) in [6, 6.07) is 0. The molecule has 7 atom stereocenters. The molecule has 28 heteroatoms. The summed E-state index contributed by atoms with van der Waals surface area (Å²) in [5.74, 6) is -1.03. The van der Waals surface area contributed by atoms with Crippen LogP contribution in [0.15, 0.2) is 24.8 Å². The Bertz CT molecular complexity index is 2030. The van der Waals surface area contributed by atoms with Gasteiger partial charge >= 0.3 is 23.5 Å². The maximum Gasteiger partial charge on any atom is 0.481 e. The van der Waals surface area contributed by atoms with Crippen molar-refractivity contribution < 1.29 is 80.5 Å². The number of hydrogen-bond donors (Lipinski definition) is 9. The van der Waals surface area contributed by atoms with Crippen LogP contribution >= 0.6 is 35.2 Å². The summed E-state index contributed by atoms with van der Waals surface area (Å²) in [7, 11) is -16.4. The zero-order valence-electron chi connectivity index (χ0n) is 37.4. The second-order valence-electron chi connectivity index (χ2n) is 16.3. The van der Waals surface area contributed by atoms with Crippen LogP contribution in [-0.2, 0) is 50.7 Å². The molecule has 3 rings (SSSR count). The molecular formula is C38H66N7O17P3S. The van der Waals surface area contributed by atoms with Crippen molar-refractivity contribution in [3.63, 3.8) is 0 Å². The number of nitrogens with two attached hydrogens (primary N) is 1. The number of unbranched alkanes of at least 4 members (excludes halogenated alkanes) is 10. The summed E-state index contributed by atoms with van der Waals surface area (Å²) >= 11 is 1.15. The molecule has 24 nitrogen and oxygen atoms in total. The van der Waals surface area contributed by atoms with E-state index in [0.29, 0.717) is 12.2 Å². The molecule has 1 aliphatic heterocycles. The van der Waals surface area contributed by atoms with Crippen LogP contribution < -0.4 is 16.4 Å². The van der Waals surface area contributed by atoms with Crippen molar-refractivity contribution in [1.82, 2.24) is 30.2 Å². The van der Waals surface area contributed by atoms with Crippen LogP contribution in [0, 0.1) is 5.41 Å². The number of phosphoric ester groups is 3. The average molecular weight is 1020 g/mol. The first-order valence-electron chi connectivity index (χ1n) is 21.8. The lowest BCUT2D eigenvalue weighted by Crippen LogP contribution is -2.46. The van der Waals surface area contributed by atoms with Crippen LogP contribution in [0.2, 0.25) is 0 Å². The Morgan fingerprint density at radius 3 is 2.21 bits per heavy atom. The van der Waals surface area contributed by atoms with Crippen LogP contribution in [0.1, 0.15) is 117 Å². The van der Waals surface area contributed by atoms with Gasteiger partial charge in [0, 0.05) is 37.1 Å². The second-order valence-corrected chi connectivity index (χ2v) is 21.7. The number of anilines is 1. The van der Waals surface area contributed by atoms with Crippen molar-refractivity contribution in [1.29, 1.82) is 0 Å². The Balaban J connectivity index is 1.32. The second kappa shape index (κ2) is 28.1. The number of aliphatic hydroxyl groups is 2. The number of carbonyl (C=O) groups is 3. The van der Waals surface area contributed by atoms with Gasteiger partial charge in [0.15, 0.2) is 22.8 Å². The fourth-order valence-electron chi connectivity index (χ4n) is 6.53. The van der Waals surface area contributed by atoms with E-state index < -0.39 is 84.6 Å². The van der Waals surface area contributed by atoms with Gasteiger partial charge < -0.3 is 50.9 Å². The Labute approximate surface area is 388 Å². The molecule has 0 aliphatic carbocycles. The van der Waals surface area contributed by atoms with Crippen LogP contribution in [-0.4, -0.2) is 123 Å². The zero-order valence-corrected chi connectivity index (χ0v) is 40.9. The van der Waals surface area contributed by atoms with Gasteiger partial charge in [0.25, 0.3) is 0 Å². The van der Waals surface area contributed by atoms with Crippen LogP contribution in [0.5, 0.6) is 0 Å². The number of nitrogens with zero attached hydrogens (tertiary/aromatic N) is 4. The number of aliphatic hydroxyl groups excluding tert-OH is 2. The SMILES string of the molecule is CCCCCC/C=C\CCCCCCCCC(=O)SCCNC(=O)CCNC(=O)[C@H](O)C(C)(C)COP(=O)(O)OP(=O)(O)OC[C@H]1O[C@@H](n2cnc3c(N)ncnc32)[C@@H](O)C1OP(=O)(O)O. The topological polar surface area (TPSA) is 364 Å². The van der Waals surface area contributed by atoms with E-state index in [1.807, 2.05) is 0 Å². The maximum atomic E-state index is 12.7. The lowest BCUT2D eigenvalue weighted by Gasteiger charge is -2.30. The van der Waals surface area contributed by atoms with E-state index >= 15 is 0 Å². The van der Waals surface area contributed by atoms with Crippen molar-refractivity contribution in [3.8, 4) is 0 Å². The van der Waals surface area contributed by atoms with Crippen molar-refractivity contribution in [3.05, 3.63) is 24.8 Å². The van der Waals surface area contributed by atoms with Gasteiger partial charge in [-0.1, -0.05) is 89.6 Å². The fourth-order valence-corrected chi connectivity index (χ4v) is 10.1. The van der Waals surface area contributed by atoms with E-state index in [4.69, 9.17) is 19.5 Å². The fraction of sp³-hybridized carbons (Fsp3) is 0.737. The normalized spacial score (nSPS) is 20.3. The number of nitrogen functional groups attached to an aromatic ring is 1. The Hall–Kier alpha value is -2.70. The van der Waals surface area contributed by atoms with Crippen molar-refractivity contribution in [2.45, 2.75) is 141 Å². The van der Waals surface area contributed by atoms with E-state index in [1.165, 1.54) is 58.8 Å². The molecule has 0 radical (unpaired) electrons. The number of phosphoric acid groups is 3. The van der Waals surface area contributed by atoms with E-state index in [1.54, 1.807) is 0 Å². The van der Waals surface area contributed by atoms with Gasteiger partial charge in [0.05, 0.1) is 19.5 Å². The van der Waals surface area contributed by atoms with E-state index in [0.717, 1.165) is 61.1 Å². The first-order chi connectivity index (χ1) is 31.1.